The van der Waals surface area contributed by atoms with Crippen LogP contribution in [-0.2, 0) is 16.6 Å². The molecule has 0 amide bonds. The Kier molecular flexibility index (Phi) is 8.37. The topological polar surface area (TPSA) is 102 Å². The molecule has 36 heavy (non-hydrogen) atoms. The highest BCUT2D eigenvalue weighted by Crippen LogP contribution is 2.39. The first kappa shape index (κ1) is 27.2. The molecule has 0 saturated carbocycles. The SMILES string of the molecule is COC(=O)c1ccc(CC(=S)CN=C(C)c2csc(-c3ccc(C(C)(C)C)cc3)c2O)cc1[N+](=O)[O-]. The number of nitro benzene ring substituents is 1. The molecule has 1 aromatic heterocycles. The van der Waals surface area contributed by atoms with Crippen molar-refractivity contribution >= 4 is 45.8 Å². The van der Waals surface area contributed by atoms with E-state index in [1.807, 2.05) is 24.4 Å². The smallest absolute Gasteiger partial charge is 0.344 e. The molecular weight excluding hydrogens is 496 g/mol. The first-order valence-corrected chi connectivity index (χ1v) is 12.5. The number of aromatic hydroxyl groups is 1. The van der Waals surface area contributed by atoms with Crippen LogP contribution in [0.5, 0.6) is 5.75 Å². The average molecular weight is 525 g/mol. The van der Waals surface area contributed by atoms with Crippen molar-refractivity contribution in [1.29, 1.82) is 0 Å². The Morgan fingerprint density at radius 2 is 1.83 bits per heavy atom. The van der Waals surface area contributed by atoms with Crippen LogP contribution >= 0.6 is 23.6 Å². The Hall–Kier alpha value is -3.43. The van der Waals surface area contributed by atoms with Crippen molar-refractivity contribution in [3.8, 4) is 16.2 Å². The molecule has 9 heteroatoms. The number of nitrogens with zero attached hydrogens (tertiary/aromatic N) is 2. The molecular formula is C27H28N2O5S2. The van der Waals surface area contributed by atoms with Gasteiger partial charge in [0.25, 0.3) is 5.69 Å². The third-order valence-electron chi connectivity index (χ3n) is 5.73. The number of thiocarbonyl (C=S) groups is 1. The van der Waals surface area contributed by atoms with E-state index in [0.717, 1.165) is 10.4 Å². The Bertz CT molecular complexity index is 1340. The van der Waals surface area contributed by atoms with E-state index >= 15 is 0 Å². The summed E-state index contributed by atoms with van der Waals surface area (Å²) in [4.78, 5) is 28.4. The van der Waals surface area contributed by atoms with Crippen molar-refractivity contribution in [2.75, 3.05) is 13.7 Å². The number of hydrogen-bond acceptors (Lipinski definition) is 8. The van der Waals surface area contributed by atoms with Gasteiger partial charge in [-0.15, -0.1) is 11.3 Å². The van der Waals surface area contributed by atoms with Crippen LogP contribution in [0.2, 0.25) is 0 Å². The highest BCUT2D eigenvalue weighted by atomic mass is 32.1. The lowest BCUT2D eigenvalue weighted by Gasteiger charge is -2.19. The van der Waals surface area contributed by atoms with Gasteiger partial charge in [0.05, 0.1) is 23.5 Å². The lowest BCUT2D eigenvalue weighted by atomic mass is 9.86. The summed E-state index contributed by atoms with van der Waals surface area (Å²) in [5.41, 5.74) is 3.68. The van der Waals surface area contributed by atoms with Gasteiger partial charge < -0.3 is 9.84 Å². The van der Waals surface area contributed by atoms with E-state index in [4.69, 9.17) is 12.2 Å². The number of nitro groups is 1. The maximum absolute atomic E-state index is 11.8. The van der Waals surface area contributed by atoms with Crippen LogP contribution in [0, 0.1) is 10.1 Å². The maximum Gasteiger partial charge on any atom is 0.344 e. The van der Waals surface area contributed by atoms with Crippen LogP contribution in [0.3, 0.4) is 0 Å². The molecule has 3 aromatic rings. The predicted molar refractivity (Wildman–Crippen MR) is 148 cm³/mol. The fraction of sp³-hybridized carbons (Fsp3) is 0.296. The number of methoxy groups -OCH3 is 1. The summed E-state index contributed by atoms with van der Waals surface area (Å²) in [7, 11) is 1.17. The third kappa shape index (κ3) is 6.22. The van der Waals surface area contributed by atoms with Gasteiger partial charge in [0.2, 0.25) is 0 Å². The second kappa shape index (κ2) is 11.1. The molecule has 0 spiro atoms. The lowest BCUT2D eigenvalue weighted by molar-refractivity contribution is -0.385. The minimum atomic E-state index is -0.767. The van der Waals surface area contributed by atoms with E-state index in [1.54, 1.807) is 6.07 Å². The number of thiophene rings is 1. The standard InChI is InChI=1S/C27H28N2O5S2/c1-16(22-15-36-25(24(22)30)18-7-9-19(10-8-18)27(2,3)4)28-14-20(35)12-17-6-11-21(26(31)34-5)23(13-17)29(32)33/h6-11,13,15,30H,12,14H2,1-5H3. The summed E-state index contributed by atoms with van der Waals surface area (Å²) in [6.45, 7) is 8.51. The molecule has 0 fully saturated rings. The molecule has 188 valence electrons. The summed E-state index contributed by atoms with van der Waals surface area (Å²) >= 11 is 6.90. The number of carbonyl (C=O) groups is 1. The number of ether oxygens (including phenoxy) is 1. The zero-order chi connectivity index (χ0) is 26.6. The van der Waals surface area contributed by atoms with Crippen molar-refractivity contribution in [2.45, 2.75) is 39.5 Å². The zero-order valence-electron chi connectivity index (χ0n) is 20.8. The number of hydrogen-bond donors (Lipinski definition) is 1. The quantitative estimate of drug-likeness (QED) is 0.118. The first-order valence-electron chi connectivity index (χ1n) is 11.2. The summed E-state index contributed by atoms with van der Waals surface area (Å²) in [6, 6.07) is 12.5. The lowest BCUT2D eigenvalue weighted by Crippen LogP contribution is -2.10. The summed E-state index contributed by atoms with van der Waals surface area (Å²) in [5, 5.41) is 24.1. The highest BCUT2D eigenvalue weighted by molar-refractivity contribution is 7.80. The maximum atomic E-state index is 11.8. The van der Waals surface area contributed by atoms with E-state index in [9.17, 15) is 20.0 Å². The van der Waals surface area contributed by atoms with E-state index in [2.05, 4.69) is 42.6 Å². The van der Waals surface area contributed by atoms with Gasteiger partial charge in [0, 0.05) is 34.0 Å². The number of carbonyl (C=O) groups excluding carboxylic acids is 1. The number of benzene rings is 2. The van der Waals surface area contributed by atoms with Crippen LogP contribution in [0.15, 0.2) is 52.8 Å². The first-order chi connectivity index (χ1) is 16.9. The molecule has 2 aromatic carbocycles. The van der Waals surface area contributed by atoms with Crippen molar-refractivity contribution in [3.05, 3.63) is 80.2 Å². The van der Waals surface area contributed by atoms with Crippen LogP contribution in [0.1, 0.15) is 54.7 Å². The Morgan fingerprint density at radius 3 is 2.42 bits per heavy atom. The Balaban J connectivity index is 1.72. The molecule has 0 bridgehead atoms. The fourth-order valence-corrected chi connectivity index (χ4v) is 4.87. The van der Waals surface area contributed by atoms with Gasteiger partial charge in [-0.1, -0.05) is 63.3 Å². The van der Waals surface area contributed by atoms with Crippen LogP contribution in [0.4, 0.5) is 5.69 Å². The van der Waals surface area contributed by atoms with Gasteiger partial charge in [0.1, 0.15) is 11.3 Å². The van der Waals surface area contributed by atoms with E-state index < -0.39 is 10.9 Å². The van der Waals surface area contributed by atoms with Gasteiger partial charge in [0.15, 0.2) is 0 Å². The average Bonchev–Trinajstić information content (AvgIpc) is 3.22. The molecule has 0 aliphatic heterocycles. The molecule has 0 aliphatic rings. The van der Waals surface area contributed by atoms with Crippen molar-refractivity contribution in [1.82, 2.24) is 0 Å². The van der Waals surface area contributed by atoms with E-state index in [-0.39, 0.29) is 35.4 Å². The van der Waals surface area contributed by atoms with Crippen LogP contribution < -0.4 is 0 Å². The van der Waals surface area contributed by atoms with Crippen molar-refractivity contribution in [2.24, 2.45) is 4.99 Å². The zero-order valence-corrected chi connectivity index (χ0v) is 22.5. The van der Waals surface area contributed by atoms with Crippen molar-refractivity contribution in [3.63, 3.8) is 0 Å². The molecule has 1 heterocycles. The summed E-state index contributed by atoms with van der Waals surface area (Å²) in [6.07, 6.45) is 0.287. The largest absolute Gasteiger partial charge is 0.506 e. The van der Waals surface area contributed by atoms with E-state index in [1.165, 1.54) is 36.1 Å². The molecule has 0 aliphatic carbocycles. The minimum Gasteiger partial charge on any atom is -0.506 e. The Morgan fingerprint density at radius 1 is 1.17 bits per heavy atom. The predicted octanol–water partition coefficient (Wildman–Crippen LogP) is 6.53. The molecule has 0 unspecified atom stereocenters. The fourth-order valence-electron chi connectivity index (χ4n) is 3.63. The third-order valence-corrected chi connectivity index (χ3v) is 7.02. The van der Waals surface area contributed by atoms with Crippen LogP contribution in [0.25, 0.3) is 10.4 Å². The van der Waals surface area contributed by atoms with Crippen LogP contribution in [-0.4, -0.2) is 40.2 Å². The van der Waals surface area contributed by atoms with Gasteiger partial charge >= 0.3 is 5.97 Å². The number of aliphatic imine (C=N–C) groups is 1. The monoisotopic (exact) mass is 524 g/mol. The van der Waals surface area contributed by atoms with E-state index in [0.29, 0.717) is 21.7 Å². The molecule has 3 rings (SSSR count). The molecule has 1 N–H and O–H groups in total. The minimum absolute atomic E-state index is 0.0527. The van der Waals surface area contributed by atoms with Gasteiger partial charge in [-0.25, -0.2) is 4.79 Å². The molecule has 0 saturated heterocycles. The number of rotatable bonds is 8. The van der Waals surface area contributed by atoms with Gasteiger partial charge in [-0.3, -0.25) is 15.1 Å². The molecule has 7 nitrogen and oxygen atoms in total. The van der Waals surface area contributed by atoms with Gasteiger partial charge in [-0.2, -0.15) is 0 Å². The highest BCUT2D eigenvalue weighted by Gasteiger charge is 2.22. The second-order valence-electron chi connectivity index (χ2n) is 9.37. The Labute approximate surface area is 219 Å². The molecule has 0 radical (unpaired) electrons. The van der Waals surface area contributed by atoms with Gasteiger partial charge in [-0.05, 0) is 35.1 Å². The number of esters is 1. The second-order valence-corrected chi connectivity index (χ2v) is 10.8. The van der Waals surface area contributed by atoms with Crippen molar-refractivity contribution < 1.29 is 19.6 Å². The summed E-state index contributed by atoms with van der Waals surface area (Å²) < 4.78 is 4.61. The molecule has 0 atom stereocenters. The summed E-state index contributed by atoms with van der Waals surface area (Å²) in [5.74, 6) is -0.583. The normalized spacial score (nSPS) is 11.9.